The SMILES string of the molecule is CCCCC[C@H](O)/C=C/[C@@H]1[C@H]2C/C(=C/CCCCN(C)C)C[C@H]2C[C@H]1O. The molecule has 3 heteroatoms. The highest BCUT2D eigenvalue weighted by Gasteiger charge is 2.44. The Bertz CT molecular complexity index is 457. The predicted molar refractivity (Wildman–Crippen MR) is 110 cm³/mol. The zero-order valence-corrected chi connectivity index (χ0v) is 17.2. The Morgan fingerprint density at radius 2 is 1.96 bits per heavy atom. The van der Waals surface area contributed by atoms with Crippen molar-refractivity contribution in [3.63, 3.8) is 0 Å². The van der Waals surface area contributed by atoms with Gasteiger partial charge in [-0.3, -0.25) is 0 Å². The summed E-state index contributed by atoms with van der Waals surface area (Å²) in [6.45, 7) is 3.36. The molecule has 2 aliphatic rings. The lowest BCUT2D eigenvalue weighted by atomic mass is 9.90. The summed E-state index contributed by atoms with van der Waals surface area (Å²) in [7, 11) is 4.27. The fourth-order valence-corrected chi connectivity index (χ4v) is 4.77. The van der Waals surface area contributed by atoms with Gasteiger partial charge in [0, 0.05) is 5.92 Å². The smallest absolute Gasteiger partial charge is 0.0721 e. The van der Waals surface area contributed by atoms with Gasteiger partial charge in [-0.15, -0.1) is 0 Å². The predicted octanol–water partition coefficient (Wildman–Crippen LogP) is 4.55. The van der Waals surface area contributed by atoms with E-state index < -0.39 is 0 Å². The largest absolute Gasteiger partial charge is 0.392 e. The molecule has 150 valence electrons. The molecule has 2 fully saturated rings. The molecule has 26 heavy (non-hydrogen) atoms. The molecule has 0 unspecified atom stereocenters. The number of hydrogen-bond donors (Lipinski definition) is 2. The average molecular weight is 364 g/mol. The van der Waals surface area contributed by atoms with Crippen molar-refractivity contribution in [1.82, 2.24) is 4.90 Å². The fraction of sp³-hybridized carbons (Fsp3) is 0.826. The van der Waals surface area contributed by atoms with Gasteiger partial charge >= 0.3 is 0 Å². The van der Waals surface area contributed by atoms with Crippen molar-refractivity contribution in [3.8, 4) is 0 Å². The summed E-state index contributed by atoms with van der Waals surface area (Å²) in [6.07, 6.45) is 17.3. The number of allylic oxidation sites excluding steroid dienone is 2. The minimum absolute atomic E-state index is 0.217. The van der Waals surface area contributed by atoms with E-state index >= 15 is 0 Å². The molecule has 0 bridgehead atoms. The molecule has 3 nitrogen and oxygen atoms in total. The van der Waals surface area contributed by atoms with Crippen LogP contribution in [0.1, 0.15) is 71.1 Å². The maximum Gasteiger partial charge on any atom is 0.0721 e. The van der Waals surface area contributed by atoms with E-state index in [-0.39, 0.29) is 18.1 Å². The molecule has 2 saturated carbocycles. The number of hydrogen-bond acceptors (Lipinski definition) is 3. The molecule has 0 aromatic carbocycles. The summed E-state index contributed by atoms with van der Waals surface area (Å²) in [6, 6.07) is 0. The Kier molecular flexibility index (Phi) is 9.38. The molecule has 0 saturated heterocycles. The Balaban J connectivity index is 1.78. The second kappa shape index (κ2) is 11.3. The van der Waals surface area contributed by atoms with Gasteiger partial charge in [0.05, 0.1) is 12.2 Å². The normalized spacial score (nSPS) is 31.4. The van der Waals surface area contributed by atoms with Crippen LogP contribution < -0.4 is 0 Å². The Morgan fingerprint density at radius 3 is 2.69 bits per heavy atom. The molecule has 0 amide bonds. The molecule has 0 aromatic rings. The third-order valence-electron chi connectivity index (χ3n) is 6.26. The van der Waals surface area contributed by atoms with Gasteiger partial charge in [0.15, 0.2) is 0 Å². The number of aliphatic hydroxyl groups excluding tert-OH is 2. The van der Waals surface area contributed by atoms with Crippen LogP contribution in [-0.4, -0.2) is 48.0 Å². The topological polar surface area (TPSA) is 43.7 Å². The van der Waals surface area contributed by atoms with Crippen LogP contribution in [0.15, 0.2) is 23.8 Å². The molecule has 2 aliphatic carbocycles. The fourth-order valence-electron chi connectivity index (χ4n) is 4.77. The van der Waals surface area contributed by atoms with Crippen LogP contribution in [0.25, 0.3) is 0 Å². The first-order valence-electron chi connectivity index (χ1n) is 10.9. The number of unbranched alkanes of at least 4 members (excludes halogenated alkanes) is 4. The molecule has 0 heterocycles. The molecule has 0 spiro atoms. The standard InChI is InChI=1S/C23H41NO2/c1-4-5-7-11-20(25)12-13-21-22-16-18(15-19(22)17-23(21)26)10-8-6-9-14-24(2)3/h10,12-13,19-23,25-26H,4-9,11,14-17H2,1-3H3/b13-12+,18-10+/t19-,20-,21+,22-,23+/m0/s1. The van der Waals surface area contributed by atoms with E-state index in [1.54, 1.807) is 5.57 Å². The van der Waals surface area contributed by atoms with Crippen LogP contribution in [0.5, 0.6) is 0 Å². The van der Waals surface area contributed by atoms with E-state index in [4.69, 9.17) is 0 Å². The van der Waals surface area contributed by atoms with Gasteiger partial charge in [-0.05, 0) is 77.4 Å². The number of nitrogens with zero attached hydrogens (tertiary/aromatic N) is 1. The van der Waals surface area contributed by atoms with Gasteiger partial charge in [-0.2, -0.15) is 0 Å². The minimum atomic E-state index is -0.346. The monoisotopic (exact) mass is 363 g/mol. The molecule has 2 N–H and O–H groups in total. The Labute approximate surface area is 161 Å². The molecule has 0 aromatic heterocycles. The number of fused-ring (bicyclic) bond motifs is 1. The molecular formula is C23H41NO2. The summed E-state index contributed by atoms with van der Waals surface area (Å²) in [5.74, 6) is 1.46. The molecule has 5 atom stereocenters. The first-order chi connectivity index (χ1) is 12.5. The number of aliphatic hydroxyl groups is 2. The first kappa shape index (κ1) is 21.7. The van der Waals surface area contributed by atoms with Crippen molar-refractivity contribution in [1.29, 1.82) is 0 Å². The Morgan fingerprint density at radius 1 is 1.15 bits per heavy atom. The highest BCUT2D eigenvalue weighted by molar-refractivity contribution is 5.17. The van der Waals surface area contributed by atoms with Gasteiger partial charge in [0.1, 0.15) is 0 Å². The van der Waals surface area contributed by atoms with E-state index in [1.807, 2.05) is 6.08 Å². The van der Waals surface area contributed by atoms with Gasteiger partial charge in [0.2, 0.25) is 0 Å². The summed E-state index contributed by atoms with van der Waals surface area (Å²) in [4.78, 5) is 2.25. The summed E-state index contributed by atoms with van der Waals surface area (Å²) < 4.78 is 0. The zero-order valence-electron chi connectivity index (χ0n) is 17.2. The zero-order chi connectivity index (χ0) is 18.9. The van der Waals surface area contributed by atoms with Gasteiger partial charge in [-0.25, -0.2) is 0 Å². The summed E-state index contributed by atoms with van der Waals surface area (Å²) in [5, 5.41) is 20.6. The van der Waals surface area contributed by atoms with Crippen LogP contribution in [-0.2, 0) is 0 Å². The Hall–Kier alpha value is -0.640. The summed E-state index contributed by atoms with van der Waals surface area (Å²) in [5.41, 5.74) is 1.61. The molecular weight excluding hydrogens is 322 g/mol. The maximum absolute atomic E-state index is 10.4. The van der Waals surface area contributed by atoms with E-state index in [2.05, 4.69) is 38.1 Å². The van der Waals surface area contributed by atoms with Crippen molar-refractivity contribution in [3.05, 3.63) is 23.8 Å². The molecule has 0 aliphatic heterocycles. The van der Waals surface area contributed by atoms with E-state index in [0.717, 1.165) is 25.7 Å². The van der Waals surface area contributed by atoms with Gasteiger partial charge in [-0.1, -0.05) is 50.0 Å². The van der Waals surface area contributed by atoms with Crippen molar-refractivity contribution in [2.45, 2.75) is 83.3 Å². The van der Waals surface area contributed by atoms with Crippen molar-refractivity contribution in [2.24, 2.45) is 17.8 Å². The van der Waals surface area contributed by atoms with Crippen LogP contribution >= 0.6 is 0 Å². The highest BCUT2D eigenvalue weighted by atomic mass is 16.3. The molecule has 0 radical (unpaired) electrons. The van der Waals surface area contributed by atoms with Crippen LogP contribution in [0, 0.1) is 17.8 Å². The maximum atomic E-state index is 10.4. The third kappa shape index (κ3) is 6.83. The lowest BCUT2D eigenvalue weighted by Gasteiger charge is -2.17. The van der Waals surface area contributed by atoms with Crippen molar-refractivity contribution >= 4 is 0 Å². The van der Waals surface area contributed by atoms with Crippen LogP contribution in [0.4, 0.5) is 0 Å². The minimum Gasteiger partial charge on any atom is -0.392 e. The van der Waals surface area contributed by atoms with Crippen LogP contribution in [0.2, 0.25) is 0 Å². The van der Waals surface area contributed by atoms with Gasteiger partial charge < -0.3 is 15.1 Å². The summed E-state index contributed by atoms with van der Waals surface area (Å²) >= 11 is 0. The van der Waals surface area contributed by atoms with Gasteiger partial charge in [0.25, 0.3) is 0 Å². The first-order valence-corrected chi connectivity index (χ1v) is 10.9. The second-order valence-electron chi connectivity index (χ2n) is 8.82. The molecule has 2 rings (SSSR count). The van der Waals surface area contributed by atoms with E-state index in [0.29, 0.717) is 11.8 Å². The lowest BCUT2D eigenvalue weighted by Crippen LogP contribution is -2.17. The average Bonchev–Trinajstić information content (AvgIpc) is 3.09. The van der Waals surface area contributed by atoms with Crippen molar-refractivity contribution < 1.29 is 10.2 Å². The lowest BCUT2D eigenvalue weighted by molar-refractivity contribution is 0.139. The van der Waals surface area contributed by atoms with Crippen molar-refractivity contribution in [2.75, 3.05) is 20.6 Å². The number of rotatable bonds is 11. The third-order valence-corrected chi connectivity index (χ3v) is 6.26. The van der Waals surface area contributed by atoms with E-state index in [1.165, 1.54) is 45.1 Å². The highest BCUT2D eigenvalue weighted by Crippen LogP contribution is 2.50. The second-order valence-corrected chi connectivity index (χ2v) is 8.82. The van der Waals surface area contributed by atoms with E-state index in [9.17, 15) is 10.2 Å². The quantitative estimate of drug-likeness (QED) is 0.418. The van der Waals surface area contributed by atoms with Crippen LogP contribution in [0.3, 0.4) is 0 Å².